The van der Waals surface area contributed by atoms with Crippen molar-refractivity contribution in [3.8, 4) is 113 Å². The number of aryl methyl sites for hydroxylation is 2. The monoisotopic (exact) mass is 1130 g/mol. The highest BCUT2D eigenvalue weighted by Crippen LogP contribution is 2.45. The van der Waals surface area contributed by atoms with Crippen molar-refractivity contribution in [3.63, 3.8) is 0 Å². The maximum absolute atomic E-state index is 5.34. The van der Waals surface area contributed by atoms with E-state index < -0.39 is 0 Å². The lowest BCUT2D eigenvalue weighted by molar-refractivity contribution is 1.07. The second kappa shape index (κ2) is 21.7. The molecule has 414 valence electrons. The summed E-state index contributed by atoms with van der Waals surface area (Å²) >= 11 is 0. The van der Waals surface area contributed by atoms with E-state index in [9.17, 15) is 0 Å². The Labute approximate surface area is 509 Å². The standard InChI is InChI=1S/C80H54N8/c1-51-21-19-31-57(45-51)59-37-41-71-65(47-59)63-33-15-17-35-69(63)87(71)73-43-39-61(79-83-75(53-23-7-3-8-24-53)81-76(84-79)54-25-9-4-10-26-54)49-67(73)68-50-62(80-85-77(55-27-11-5-12-28-55)82-78(86-80)56-29-13-6-14-30-56)40-44-74(68)88-70-36-18-16-34-64(70)66-48-60(38-42-72(66)88)58-32-20-22-52(2)46-58/h3-50H,1-2H3. The van der Waals surface area contributed by atoms with Gasteiger partial charge < -0.3 is 9.13 Å². The van der Waals surface area contributed by atoms with Crippen molar-refractivity contribution in [1.29, 1.82) is 0 Å². The van der Waals surface area contributed by atoms with Crippen molar-refractivity contribution in [2.24, 2.45) is 0 Å². The van der Waals surface area contributed by atoms with Crippen LogP contribution in [0.2, 0.25) is 0 Å². The van der Waals surface area contributed by atoms with Crippen LogP contribution in [0.5, 0.6) is 0 Å². The van der Waals surface area contributed by atoms with Crippen LogP contribution in [-0.4, -0.2) is 39.0 Å². The molecule has 16 aromatic rings. The minimum absolute atomic E-state index is 0.543. The Morgan fingerprint density at radius 1 is 0.205 bits per heavy atom. The summed E-state index contributed by atoms with van der Waals surface area (Å²) < 4.78 is 4.87. The van der Waals surface area contributed by atoms with E-state index in [1.54, 1.807) is 0 Å². The van der Waals surface area contributed by atoms with E-state index in [0.717, 1.165) is 111 Å². The van der Waals surface area contributed by atoms with Crippen LogP contribution in [0.1, 0.15) is 11.1 Å². The van der Waals surface area contributed by atoms with Crippen molar-refractivity contribution in [1.82, 2.24) is 39.0 Å². The molecule has 0 aliphatic carbocycles. The SMILES string of the molecule is Cc1cccc(-c2ccc3c(c2)c2ccccc2n3-c2ccc(-c3nc(-c4ccccc4)nc(-c4ccccc4)n3)cc2-c2cc(-c3nc(-c4ccccc4)nc(-c4ccccc4)n3)ccc2-n2c3ccccc3c3cc(-c4cccc(C)c4)ccc32)c1. The third kappa shape index (κ3) is 9.37. The quantitative estimate of drug-likeness (QED) is 0.128. The molecule has 0 radical (unpaired) electrons. The van der Waals surface area contributed by atoms with Gasteiger partial charge in [-0.15, -0.1) is 0 Å². The molecule has 88 heavy (non-hydrogen) atoms. The van der Waals surface area contributed by atoms with Crippen molar-refractivity contribution in [2.75, 3.05) is 0 Å². The van der Waals surface area contributed by atoms with Crippen LogP contribution >= 0.6 is 0 Å². The van der Waals surface area contributed by atoms with Crippen LogP contribution in [0, 0.1) is 13.8 Å². The molecule has 0 saturated carbocycles. The molecule has 0 aliphatic heterocycles. The first-order valence-electron chi connectivity index (χ1n) is 29.7. The lowest BCUT2D eigenvalue weighted by atomic mass is 9.95. The minimum atomic E-state index is 0.543. The molecule has 16 rings (SSSR count). The Hall–Kier alpha value is -11.7. The molecule has 4 heterocycles. The zero-order valence-electron chi connectivity index (χ0n) is 48.3. The zero-order chi connectivity index (χ0) is 58.7. The lowest BCUT2D eigenvalue weighted by Gasteiger charge is -2.21. The molecule has 0 spiro atoms. The largest absolute Gasteiger partial charge is 0.309 e. The highest BCUT2D eigenvalue weighted by atomic mass is 15.1. The highest BCUT2D eigenvalue weighted by Gasteiger charge is 2.25. The number of hydrogen-bond acceptors (Lipinski definition) is 6. The van der Waals surface area contributed by atoms with Crippen molar-refractivity contribution < 1.29 is 0 Å². The molecule has 12 aromatic carbocycles. The summed E-state index contributed by atoms with van der Waals surface area (Å²) in [6.45, 7) is 4.30. The van der Waals surface area contributed by atoms with Gasteiger partial charge in [0.25, 0.3) is 0 Å². The van der Waals surface area contributed by atoms with E-state index in [1.165, 1.54) is 22.3 Å². The number of rotatable bonds is 11. The van der Waals surface area contributed by atoms with Crippen molar-refractivity contribution in [2.45, 2.75) is 13.8 Å². The molecule has 0 amide bonds. The molecule has 0 atom stereocenters. The van der Waals surface area contributed by atoms with E-state index in [-0.39, 0.29) is 0 Å². The van der Waals surface area contributed by atoms with Gasteiger partial charge in [-0.05, 0) is 109 Å². The summed E-state index contributed by atoms with van der Waals surface area (Å²) in [7, 11) is 0. The summed E-state index contributed by atoms with van der Waals surface area (Å²) in [5.74, 6) is 3.41. The van der Waals surface area contributed by atoms with Crippen LogP contribution in [0.4, 0.5) is 0 Å². The molecule has 4 aromatic heterocycles. The Morgan fingerprint density at radius 3 is 0.841 bits per heavy atom. The molecule has 0 bridgehead atoms. The van der Waals surface area contributed by atoms with Crippen LogP contribution in [0.15, 0.2) is 291 Å². The summed E-state index contributed by atoms with van der Waals surface area (Å²) in [6.07, 6.45) is 0. The molecule has 8 nitrogen and oxygen atoms in total. The molecule has 0 fully saturated rings. The normalized spacial score (nSPS) is 11.5. The van der Waals surface area contributed by atoms with Crippen LogP contribution < -0.4 is 0 Å². The van der Waals surface area contributed by atoms with E-state index in [2.05, 4.69) is 241 Å². The third-order valence-electron chi connectivity index (χ3n) is 16.7. The molecule has 0 saturated heterocycles. The number of fused-ring (bicyclic) bond motifs is 6. The first-order valence-corrected chi connectivity index (χ1v) is 29.7. The smallest absolute Gasteiger partial charge is 0.164 e. The maximum Gasteiger partial charge on any atom is 0.164 e. The second-order valence-electron chi connectivity index (χ2n) is 22.4. The van der Waals surface area contributed by atoms with E-state index in [1.807, 2.05) is 72.8 Å². The van der Waals surface area contributed by atoms with Crippen LogP contribution in [0.25, 0.3) is 157 Å². The van der Waals surface area contributed by atoms with Gasteiger partial charge in [0.2, 0.25) is 0 Å². The average Bonchev–Trinajstić information content (AvgIpc) is 2.05. The Balaban J connectivity index is 1.02. The first-order chi connectivity index (χ1) is 43.4. The summed E-state index contributed by atoms with van der Waals surface area (Å²) in [5.41, 5.74) is 20.4. The van der Waals surface area contributed by atoms with Gasteiger partial charge in [-0.2, -0.15) is 0 Å². The Kier molecular flexibility index (Phi) is 12.8. The average molecular weight is 1130 g/mol. The number of aromatic nitrogens is 8. The molecule has 0 N–H and O–H groups in total. The Bertz CT molecular complexity index is 4890. The predicted molar refractivity (Wildman–Crippen MR) is 360 cm³/mol. The molecule has 0 aliphatic rings. The van der Waals surface area contributed by atoms with Crippen molar-refractivity contribution >= 4 is 43.6 Å². The molecular weight excluding hydrogens is 1070 g/mol. The number of hydrogen-bond donors (Lipinski definition) is 0. The van der Waals surface area contributed by atoms with Crippen LogP contribution in [0.3, 0.4) is 0 Å². The number of nitrogens with zero attached hydrogens (tertiary/aromatic N) is 8. The van der Waals surface area contributed by atoms with Gasteiger partial charge in [-0.1, -0.05) is 230 Å². The lowest BCUT2D eigenvalue weighted by Crippen LogP contribution is -2.05. The van der Waals surface area contributed by atoms with Crippen molar-refractivity contribution in [3.05, 3.63) is 302 Å². The van der Waals surface area contributed by atoms with Gasteiger partial charge >= 0.3 is 0 Å². The van der Waals surface area contributed by atoms with E-state index in [4.69, 9.17) is 29.9 Å². The Morgan fingerprint density at radius 2 is 0.489 bits per heavy atom. The predicted octanol–water partition coefficient (Wildman–Crippen LogP) is 19.9. The molecular formula is C80H54N8. The third-order valence-corrected chi connectivity index (χ3v) is 16.7. The van der Waals surface area contributed by atoms with E-state index >= 15 is 0 Å². The van der Waals surface area contributed by atoms with Gasteiger partial charge in [0.1, 0.15) is 0 Å². The fourth-order valence-corrected chi connectivity index (χ4v) is 12.5. The summed E-state index contributed by atoms with van der Waals surface area (Å²) in [5, 5.41) is 4.59. The zero-order valence-corrected chi connectivity index (χ0v) is 48.3. The molecule has 0 unspecified atom stereocenters. The minimum Gasteiger partial charge on any atom is -0.309 e. The summed E-state index contributed by atoms with van der Waals surface area (Å²) in [4.78, 5) is 31.6. The number of benzene rings is 12. The van der Waals surface area contributed by atoms with Gasteiger partial charge in [0, 0.05) is 66.1 Å². The fraction of sp³-hybridized carbons (Fsp3) is 0.0250. The second-order valence-corrected chi connectivity index (χ2v) is 22.4. The van der Waals surface area contributed by atoms with Gasteiger partial charge in [-0.3, -0.25) is 0 Å². The maximum atomic E-state index is 5.34. The van der Waals surface area contributed by atoms with Crippen LogP contribution in [-0.2, 0) is 0 Å². The molecule has 8 heteroatoms. The topological polar surface area (TPSA) is 87.2 Å². The van der Waals surface area contributed by atoms with Gasteiger partial charge in [0.05, 0.1) is 33.4 Å². The summed E-state index contributed by atoms with van der Waals surface area (Å²) in [6, 6.07) is 103. The highest BCUT2D eigenvalue weighted by molar-refractivity contribution is 6.13. The van der Waals surface area contributed by atoms with Gasteiger partial charge in [0.15, 0.2) is 34.9 Å². The van der Waals surface area contributed by atoms with E-state index in [0.29, 0.717) is 34.9 Å². The first kappa shape index (κ1) is 51.9. The van der Waals surface area contributed by atoms with Gasteiger partial charge in [-0.25, -0.2) is 29.9 Å². The number of para-hydroxylation sites is 2. The fourth-order valence-electron chi connectivity index (χ4n) is 12.5.